The number of hydrogen-bond acceptors (Lipinski definition) is 1. The fourth-order valence-electron chi connectivity index (χ4n) is 1.69. The van der Waals surface area contributed by atoms with Gasteiger partial charge < -0.3 is 4.79 Å². The molecule has 0 atom stereocenters. The average molecular weight is 236 g/mol. The molecule has 17 heavy (non-hydrogen) atoms. The summed E-state index contributed by atoms with van der Waals surface area (Å²) < 4.78 is 0. The van der Waals surface area contributed by atoms with Crippen LogP contribution in [0.3, 0.4) is 0 Å². The van der Waals surface area contributed by atoms with Crippen LogP contribution in [-0.2, 0) is 4.79 Å². The Morgan fingerprint density at radius 1 is 0.706 bits per heavy atom. The van der Waals surface area contributed by atoms with Crippen molar-refractivity contribution in [2.75, 3.05) is 0 Å². The van der Waals surface area contributed by atoms with Gasteiger partial charge in [-0.15, -0.1) is 0 Å². The van der Waals surface area contributed by atoms with E-state index in [0.29, 0.717) is 0 Å². The van der Waals surface area contributed by atoms with Crippen molar-refractivity contribution in [3.8, 4) is 0 Å². The van der Waals surface area contributed by atoms with E-state index in [1.54, 1.807) is 0 Å². The van der Waals surface area contributed by atoms with Gasteiger partial charge in [0.15, 0.2) is 0 Å². The zero-order valence-corrected chi connectivity index (χ0v) is 11.4. The van der Waals surface area contributed by atoms with Crippen molar-refractivity contribution >= 4 is 6.29 Å². The Hall–Kier alpha value is -0.850. The highest BCUT2D eigenvalue weighted by molar-refractivity contribution is 5.48. The summed E-state index contributed by atoms with van der Waals surface area (Å²) in [5, 5.41) is 0. The molecule has 0 bridgehead atoms. The van der Waals surface area contributed by atoms with Gasteiger partial charge in [0.25, 0.3) is 0 Å². The lowest BCUT2D eigenvalue weighted by Gasteiger charge is -1.96. The number of rotatable bonds is 12. The van der Waals surface area contributed by atoms with Crippen molar-refractivity contribution < 1.29 is 4.79 Å². The summed E-state index contributed by atoms with van der Waals surface area (Å²) in [6.45, 7) is 2.22. The lowest BCUT2D eigenvalue weighted by Crippen LogP contribution is -1.79. The molecule has 0 saturated carbocycles. The minimum absolute atomic E-state index is 0.739. The Morgan fingerprint density at radius 2 is 1.24 bits per heavy atom. The Bertz CT molecular complexity index is 204. The molecule has 0 aliphatic heterocycles. The van der Waals surface area contributed by atoms with Crippen LogP contribution in [0.15, 0.2) is 24.3 Å². The van der Waals surface area contributed by atoms with Gasteiger partial charge in [-0.3, -0.25) is 0 Å². The van der Waals surface area contributed by atoms with Crippen molar-refractivity contribution in [2.45, 2.75) is 71.1 Å². The molecule has 0 aromatic carbocycles. The monoisotopic (exact) mass is 236 g/mol. The van der Waals surface area contributed by atoms with E-state index in [9.17, 15) is 4.79 Å². The van der Waals surface area contributed by atoms with E-state index < -0.39 is 0 Å². The molecule has 1 nitrogen and oxygen atoms in total. The predicted molar refractivity (Wildman–Crippen MR) is 76.2 cm³/mol. The predicted octanol–water partition coefficient (Wildman–Crippen LogP) is 5.22. The summed E-state index contributed by atoms with van der Waals surface area (Å²) >= 11 is 0. The smallest absolute Gasteiger partial charge is 0.119 e. The van der Waals surface area contributed by atoms with Crippen molar-refractivity contribution in [1.29, 1.82) is 0 Å². The highest BCUT2D eigenvalue weighted by Crippen LogP contribution is 2.06. The number of allylic oxidation sites excluding steroid dienone is 4. The van der Waals surface area contributed by atoms with Crippen LogP contribution < -0.4 is 0 Å². The van der Waals surface area contributed by atoms with Crippen LogP contribution in [-0.4, -0.2) is 6.29 Å². The second-order valence-electron chi connectivity index (χ2n) is 4.51. The zero-order valence-electron chi connectivity index (χ0n) is 11.4. The lowest BCUT2D eigenvalue weighted by molar-refractivity contribution is -0.107. The SMILES string of the molecule is CCCC/C=C/C=C\CCCCCCCC=O. The van der Waals surface area contributed by atoms with Gasteiger partial charge >= 0.3 is 0 Å². The quantitative estimate of drug-likeness (QED) is 0.258. The number of aldehydes is 1. The third kappa shape index (κ3) is 15.1. The molecule has 0 aliphatic carbocycles. The first-order chi connectivity index (χ1) is 8.41. The average Bonchev–Trinajstić information content (AvgIpc) is 2.35. The van der Waals surface area contributed by atoms with E-state index in [1.807, 2.05) is 0 Å². The van der Waals surface area contributed by atoms with Crippen LogP contribution >= 0.6 is 0 Å². The van der Waals surface area contributed by atoms with Gasteiger partial charge in [0.05, 0.1) is 0 Å². The fraction of sp³-hybridized carbons (Fsp3) is 0.688. The summed E-state index contributed by atoms with van der Waals surface area (Å²) in [4.78, 5) is 10.1. The molecule has 0 saturated heterocycles. The molecule has 1 heteroatoms. The first-order valence-corrected chi connectivity index (χ1v) is 7.17. The molecule has 0 aliphatic rings. The summed E-state index contributed by atoms with van der Waals surface area (Å²) in [5.41, 5.74) is 0. The zero-order chi connectivity index (χ0) is 12.6. The Morgan fingerprint density at radius 3 is 1.82 bits per heavy atom. The van der Waals surface area contributed by atoms with Crippen LogP contribution in [0.25, 0.3) is 0 Å². The molecule has 0 aromatic heterocycles. The van der Waals surface area contributed by atoms with Crippen LogP contribution in [0.4, 0.5) is 0 Å². The van der Waals surface area contributed by atoms with Gasteiger partial charge in [0.1, 0.15) is 6.29 Å². The van der Waals surface area contributed by atoms with E-state index in [1.165, 1.54) is 51.4 Å². The Balaban J connectivity index is 3.13. The second-order valence-corrected chi connectivity index (χ2v) is 4.51. The standard InChI is InChI=1S/C16H28O/c1-2-3-4-5-6-7-8-9-10-11-12-13-14-15-16-17/h5-8,16H,2-4,9-15H2,1H3/b6-5+,8-7-. The van der Waals surface area contributed by atoms with Crippen molar-refractivity contribution in [1.82, 2.24) is 0 Å². The van der Waals surface area contributed by atoms with Gasteiger partial charge in [-0.2, -0.15) is 0 Å². The van der Waals surface area contributed by atoms with Crippen molar-refractivity contribution in [2.24, 2.45) is 0 Å². The molecule has 0 rings (SSSR count). The van der Waals surface area contributed by atoms with E-state index in [0.717, 1.165) is 19.1 Å². The highest BCUT2D eigenvalue weighted by atomic mass is 16.1. The maximum absolute atomic E-state index is 10.1. The number of carbonyl (C=O) groups is 1. The van der Waals surface area contributed by atoms with Crippen LogP contribution in [0, 0.1) is 0 Å². The maximum atomic E-state index is 10.1. The molecular weight excluding hydrogens is 208 g/mol. The van der Waals surface area contributed by atoms with E-state index in [4.69, 9.17) is 0 Å². The largest absolute Gasteiger partial charge is 0.303 e. The molecule has 0 N–H and O–H groups in total. The van der Waals surface area contributed by atoms with Gasteiger partial charge in [-0.05, 0) is 25.7 Å². The maximum Gasteiger partial charge on any atom is 0.119 e. The number of hydrogen-bond donors (Lipinski definition) is 0. The fourth-order valence-corrected chi connectivity index (χ4v) is 1.69. The second kappa shape index (κ2) is 15.1. The van der Waals surface area contributed by atoms with E-state index in [2.05, 4.69) is 31.2 Å². The molecule has 0 spiro atoms. The molecular formula is C16H28O. The van der Waals surface area contributed by atoms with Gasteiger partial charge in [0.2, 0.25) is 0 Å². The molecule has 0 heterocycles. The van der Waals surface area contributed by atoms with Gasteiger partial charge in [-0.1, -0.05) is 63.3 Å². The number of unbranched alkanes of at least 4 members (excludes halogenated alkanes) is 8. The first kappa shape index (κ1) is 16.1. The highest BCUT2D eigenvalue weighted by Gasteiger charge is 1.88. The topological polar surface area (TPSA) is 17.1 Å². The minimum Gasteiger partial charge on any atom is -0.303 e. The van der Waals surface area contributed by atoms with E-state index in [-0.39, 0.29) is 0 Å². The molecule has 98 valence electrons. The summed E-state index contributed by atoms with van der Waals surface area (Å²) in [5.74, 6) is 0. The van der Waals surface area contributed by atoms with E-state index >= 15 is 0 Å². The molecule has 0 radical (unpaired) electrons. The summed E-state index contributed by atoms with van der Waals surface area (Å²) in [6, 6.07) is 0. The molecule has 0 amide bonds. The third-order valence-electron chi connectivity index (χ3n) is 2.80. The minimum atomic E-state index is 0.739. The van der Waals surface area contributed by atoms with Crippen LogP contribution in [0.5, 0.6) is 0 Å². The Labute approximate surface area is 107 Å². The number of carbonyl (C=O) groups excluding carboxylic acids is 1. The van der Waals surface area contributed by atoms with Crippen molar-refractivity contribution in [3.63, 3.8) is 0 Å². The third-order valence-corrected chi connectivity index (χ3v) is 2.80. The molecule has 0 fully saturated rings. The summed E-state index contributed by atoms with van der Waals surface area (Å²) in [6.07, 6.45) is 21.7. The van der Waals surface area contributed by atoms with Crippen molar-refractivity contribution in [3.05, 3.63) is 24.3 Å². The first-order valence-electron chi connectivity index (χ1n) is 7.17. The summed E-state index contributed by atoms with van der Waals surface area (Å²) in [7, 11) is 0. The molecule has 0 aromatic rings. The van der Waals surface area contributed by atoms with Gasteiger partial charge in [-0.25, -0.2) is 0 Å². The van der Waals surface area contributed by atoms with Crippen LogP contribution in [0.2, 0.25) is 0 Å². The van der Waals surface area contributed by atoms with Crippen LogP contribution in [0.1, 0.15) is 71.1 Å². The molecule has 0 unspecified atom stereocenters. The lowest BCUT2D eigenvalue weighted by atomic mass is 10.1. The van der Waals surface area contributed by atoms with Gasteiger partial charge in [0, 0.05) is 6.42 Å². The Kier molecular flexibility index (Phi) is 14.4. The normalized spacial score (nSPS) is 11.6.